The Hall–Kier alpha value is -1.66. The monoisotopic (exact) mass is 234 g/mol. The van der Waals surface area contributed by atoms with E-state index in [9.17, 15) is 0 Å². The third-order valence-electron chi connectivity index (χ3n) is 2.59. The predicted molar refractivity (Wildman–Crippen MR) is 68.0 cm³/mol. The molecule has 0 atom stereocenters. The Morgan fingerprint density at radius 2 is 2.00 bits per heavy atom. The smallest absolute Gasteiger partial charge is 0.154 e. The van der Waals surface area contributed by atoms with Crippen LogP contribution in [0.15, 0.2) is 18.5 Å². The molecule has 0 fully saturated rings. The van der Waals surface area contributed by atoms with Gasteiger partial charge >= 0.3 is 0 Å². The van der Waals surface area contributed by atoms with Gasteiger partial charge in [0.15, 0.2) is 5.82 Å². The standard InChI is InChI=1S/C11H18N6/c1-9-8-10-11(14-4-7-17(10)15-9)16(5-2-12)6-3-13/h4,7-8H,2-3,5-6,12-13H2,1H3. The van der Waals surface area contributed by atoms with Crippen LogP contribution in [0.4, 0.5) is 5.82 Å². The van der Waals surface area contributed by atoms with Crippen molar-refractivity contribution >= 4 is 11.3 Å². The second kappa shape index (κ2) is 5.11. The fraction of sp³-hybridized carbons (Fsp3) is 0.455. The topological polar surface area (TPSA) is 85.5 Å². The molecule has 4 N–H and O–H groups in total. The number of aryl methyl sites for hydroxylation is 1. The number of anilines is 1. The fourth-order valence-corrected chi connectivity index (χ4v) is 1.91. The predicted octanol–water partition coefficient (Wildman–Crippen LogP) is -0.238. The van der Waals surface area contributed by atoms with Gasteiger partial charge in [0, 0.05) is 38.6 Å². The number of fused-ring (bicyclic) bond motifs is 1. The van der Waals surface area contributed by atoms with Crippen molar-refractivity contribution in [1.29, 1.82) is 0 Å². The normalized spacial score (nSPS) is 11.0. The molecule has 0 bridgehead atoms. The third-order valence-corrected chi connectivity index (χ3v) is 2.59. The second-order valence-corrected chi connectivity index (χ2v) is 3.93. The van der Waals surface area contributed by atoms with E-state index in [0.29, 0.717) is 13.1 Å². The number of hydrogen-bond acceptors (Lipinski definition) is 5. The summed E-state index contributed by atoms with van der Waals surface area (Å²) in [6.07, 6.45) is 3.59. The molecular weight excluding hydrogens is 216 g/mol. The van der Waals surface area contributed by atoms with Crippen molar-refractivity contribution in [3.05, 3.63) is 24.2 Å². The lowest BCUT2D eigenvalue weighted by Crippen LogP contribution is -2.34. The molecule has 0 aliphatic rings. The summed E-state index contributed by atoms with van der Waals surface area (Å²) in [7, 11) is 0. The Bertz CT molecular complexity index is 486. The van der Waals surface area contributed by atoms with Gasteiger partial charge < -0.3 is 16.4 Å². The van der Waals surface area contributed by atoms with Crippen molar-refractivity contribution in [2.75, 3.05) is 31.1 Å². The van der Waals surface area contributed by atoms with E-state index in [1.807, 2.05) is 23.7 Å². The van der Waals surface area contributed by atoms with Gasteiger partial charge in [-0.05, 0) is 13.0 Å². The lowest BCUT2D eigenvalue weighted by molar-refractivity contribution is 0.767. The molecule has 0 amide bonds. The van der Waals surface area contributed by atoms with Gasteiger partial charge in [0.05, 0.1) is 5.69 Å². The van der Waals surface area contributed by atoms with Crippen molar-refractivity contribution < 1.29 is 0 Å². The number of rotatable bonds is 5. The van der Waals surface area contributed by atoms with Gasteiger partial charge in [0.25, 0.3) is 0 Å². The van der Waals surface area contributed by atoms with Crippen LogP contribution in [0.25, 0.3) is 5.52 Å². The first-order valence-corrected chi connectivity index (χ1v) is 5.72. The lowest BCUT2D eigenvalue weighted by Gasteiger charge is -2.22. The van der Waals surface area contributed by atoms with Gasteiger partial charge in [-0.3, -0.25) is 0 Å². The first kappa shape index (κ1) is 11.8. The summed E-state index contributed by atoms with van der Waals surface area (Å²) in [5, 5.41) is 4.36. The minimum absolute atomic E-state index is 0.579. The molecule has 2 aromatic rings. The van der Waals surface area contributed by atoms with Crippen LogP contribution in [0, 0.1) is 6.92 Å². The van der Waals surface area contributed by atoms with Gasteiger partial charge in [0.2, 0.25) is 0 Å². The number of nitrogens with zero attached hydrogens (tertiary/aromatic N) is 4. The summed E-state index contributed by atoms with van der Waals surface area (Å²) in [5.74, 6) is 0.893. The minimum Gasteiger partial charge on any atom is -0.352 e. The molecule has 6 nitrogen and oxygen atoms in total. The maximum Gasteiger partial charge on any atom is 0.154 e. The Labute approximate surface area is 100 Å². The summed E-state index contributed by atoms with van der Waals surface area (Å²) >= 11 is 0. The largest absolute Gasteiger partial charge is 0.352 e. The van der Waals surface area contributed by atoms with Crippen LogP contribution in [0.1, 0.15) is 5.69 Å². The van der Waals surface area contributed by atoms with Gasteiger partial charge in [0.1, 0.15) is 5.52 Å². The van der Waals surface area contributed by atoms with E-state index in [1.54, 1.807) is 6.20 Å². The van der Waals surface area contributed by atoms with Crippen molar-refractivity contribution in [3.8, 4) is 0 Å². The fourth-order valence-electron chi connectivity index (χ4n) is 1.91. The summed E-state index contributed by atoms with van der Waals surface area (Å²) in [6.45, 7) is 4.61. The highest BCUT2D eigenvalue weighted by Crippen LogP contribution is 2.18. The Balaban J connectivity index is 2.44. The number of aromatic nitrogens is 3. The van der Waals surface area contributed by atoms with E-state index in [-0.39, 0.29) is 0 Å². The zero-order chi connectivity index (χ0) is 12.3. The summed E-state index contributed by atoms with van der Waals surface area (Å²) in [5.41, 5.74) is 13.2. The molecule has 2 heterocycles. The molecule has 6 heteroatoms. The van der Waals surface area contributed by atoms with Crippen molar-refractivity contribution in [2.45, 2.75) is 6.92 Å². The zero-order valence-electron chi connectivity index (χ0n) is 10.0. The Morgan fingerprint density at radius 3 is 2.65 bits per heavy atom. The molecule has 0 unspecified atom stereocenters. The zero-order valence-corrected chi connectivity index (χ0v) is 10.0. The molecule has 0 saturated heterocycles. The van der Waals surface area contributed by atoms with Crippen LogP contribution < -0.4 is 16.4 Å². The Kier molecular flexibility index (Phi) is 3.55. The van der Waals surface area contributed by atoms with E-state index in [4.69, 9.17) is 11.5 Å². The highest BCUT2D eigenvalue weighted by atomic mass is 15.3. The summed E-state index contributed by atoms with van der Waals surface area (Å²) in [6, 6.07) is 2.02. The quantitative estimate of drug-likeness (QED) is 0.746. The SMILES string of the molecule is Cc1cc2c(N(CCN)CCN)nccn2n1. The van der Waals surface area contributed by atoms with Gasteiger partial charge in [-0.25, -0.2) is 9.50 Å². The molecule has 2 rings (SSSR count). The van der Waals surface area contributed by atoms with E-state index in [2.05, 4.69) is 15.0 Å². The minimum atomic E-state index is 0.579. The van der Waals surface area contributed by atoms with Crippen LogP contribution in [-0.2, 0) is 0 Å². The highest BCUT2D eigenvalue weighted by molar-refractivity contribution is 5.69. The average Bonchev–Trinajstić information content (AvgIpc) is 2.68. The molecule has 0 aromatic carbocycles. The molecule has 0 aliphatic heterocycles. The average molecular weight is 234 g/mol. The van der Waals surface area contributed by atoms with Crippen LogP contribution in [0.3, 0.4) is 0 Å². The van der Waals surface area contributed by atoms with E-state index in [1.165, 1.54) is 0 Å². The van der Waals surface area contributed by atoms with Gasteiger partial charge in [-0.15, -0.1) is 0 Å². The molecule has 0 aliphatic carbocycles. The third kappa shape index (κ3) is 2.37. The number of nitrogens with two attached hydrogens (primary N) is 2. The lowest BCUT2D eigenvalue weighted by atomic mass is 10.3. The van der Waals surface area contributed by atoms with Crippen LogP contribution in [0.5, 0.6) is 0 Å². The van der Waals surface area contributed by atoms with Crippen LogP contribution in [0.2, 0.25) is 0 Å². The van der Waals surface area contributed by atoms with E-state index in [0.717, 1.165) is 30.1 Å². The Morgan fingerprint density at radius 1 is 1.29 bits per heavy atom. The molecule has 2 aromatic heterocycles. The summed E-state index contributed by atoms with van der Waals surface area (Å²) in [4.78, 5) is 6.51. The first-order chi connectivity index (χ1) is 8.26. The summed E-state index contributed by atoms with van der Waals surface area (Å²) < 4.78 is 1.83. The first-order valence-electron chi connectivity index (χ1n) is 5.72. The molecular formula is C11H18N6. The van der Waals surface area contributed by atoms with Gasteiger partial charge in [-0.2, -0.15) is 5.10 Å². The molecule has 92 valence electrons. The van der Waals surface area contributed by atoms with Crippen molar-refractivity contribution in [1.82, 2.24) is 14.6 Å². The van der Waals surface area contributed by atoms with E-state index < -0.39 is 0 Å². The number of hydrogen-bond donors (Lipinski definition) is 2. The molecule has 17 heavy (non-hydrogen) atoms. The van der Waals surface area contributed by atoms with Crippen LogP contribution >= 0.6 is 0 Å². The maximum atomic E-state index is 5.61. The van der Waals surface area contributed by atoms with E-state index >= 15 is 0 Å². The second-order valence-electron chi connectivity index (χ2n) is 3.93. The van der Waals surface area contributed by atoms with Crippen molar-refractivity contribution in [3.63, 3.8) is 0 Å². The highest BCUT2D eigenvalue weighted by Gasteiger charge is 2.11. The molecule has 0 saturated carbocycles. The van der Waals surface area contributed by atoms with Crippen molar-refractivity contribution in [2.24, 2.45) is 11.5 Å². The molecule has 0 radical (unpaired) electrons. The maximum absolute atomic E-state index is 5.61. The van der Waals surface area contributed by atoms with Crippen LogP contribution in [-0.4, -0.2) is 40.8 Å². The molecule has 0 spiro atoms. The van der Waals surface area contributed by atoms with Gasteiger partial charge in [-0.1, -0.05) is 0 Å².